The quantitative estimate of drug-likeness (QED) is 0.629. The minimum atomic E-state index is -3.73. The zero-order chi connectivity index (χ0) is 21.6. The molecule has 1 amide bonds. The number of nitrogens with one attached hydrogen (secondary N) is 1. The van der Waals surface area contributed by atoms with Crippen molar-refractivity contribution in [2.45, 2.75) is 28.0 Å². The number of thioether (sulfide) groups is 1. The molecule has 1 aliphatic heterocycles. The molecule has 0 radical (unpaired) electrons. The largest absolute Gasteiger partial charge is 0.381 e. The summed E-state index contributed by atoms with van der Waals surface area (Å²) in [6, 6.07) is 16.8. The van der Waals surface area contributed by atoms with Crippen LogP contribution in [-0.2, 0) is 25.0 Å². The third-order valence-corrected chi connectivity index (χ3v) is 8.16. The van der Waals surface area contributed by atoms with Gasteiger partial charge in [0.25, 0.3) is 0 Å². The van der Waals surface area contributed by atoms with Gasteiger partial charge in [-0.15, -0.1) is 11.8 Å². The van der Waals surface area contributed by atoms with Gasteiger partial charge < -0.3 is 10.1 Å². The first-order valence-corrected chi connectivity index (χ1v) is 12.5. The Kier molecular flexibility index (Phi) is 7.57. The monoisotopic (exact) mass is 448 g/mol. The van der Waals surface area contributed by atoms with Crippen molar-refractivity contribution >= 4 is 27.7 Å². The predicted molar refractivity (Wildman–Crippen MR) is 119 cm³/mol. The van der Waals surface area contributed by atoms with Crippen molar-refractivity contribution in [2.24, 2.45) is 0 Å². The maximum Gasteiger partial charge on any atom is 0.243 e. The van der Waals surface area contributed by atoms with Gasteiger partial charge in [0.2, 0.25) is 15.9 Å². The van der Waals surface area contributed by atoms with Crippen LogP contribution in [0.2, 0.25) is 0 Å². The molecule has 3 rings (SSSR count). The number of nitrogens with zero attached hydrogens (tertiary/aromatic N) is 1. The molecule has 8 heteroatoms. The van der Waals surface area contributed by atoms with E-state index in [1.807, 2.05) is 24.5 Å². The standard InChI is InChI=1S/C22H28N2O4S2/c1-24(30(26,27)20-10-8-19(29-2)9-11-20)16-21(25)23-17-22(12-14-28-15-13-22)18-6-4-3-5-7-18/h3-11H,12-17H2,1-2H3,(H,23,25). The summed E-state index contributed by atoms with van der Waals surface area (Å²) in [5.41, 5.74) is 0.976. The average Bonchev–Trinajstić information content (AvgIpc) is 2.79. The van der Waals surface area contributed by atoms with E-state index in [0.717, 1.165) is 22.0 Å². The van der Waals surface area contributed by atoms with Crippen LogP contribution < -0.4 is 5.32 Å². The molecular weight excluding hydrogens is 420 g/mol. The van der Waals surface area contributed by atoms with E-state index in [2.05, 4.69) is 17.4 Å². The molecular formula is C22H28N2O4S2. The molecule has 6 nitrogen and oxygen atoms in total. The fraction of sp³-hybridized carbons (Fsp3) is 0.409. The number of amides is 1. The summed E-state index contributed by atoms with van der Waals surface area (Å²) in [7, 11) is -2.30. The summed E-state index contributed by atoms with van der Waals surface area (Å²) in [5.74, 6) is -0.316. The van der Waals surface area contributed by atoms with E-state index in [1.165, 1.54) is 12.6 Å². The van der Waals surface area contributed by atoms with Gasteiger partial charge in [0.05, 0.1) is 11.4 Å². The molecule has 1 aliphatic rings. The van der Waals surface area contributed by atoms with E-state index in [4.69, 9.17) is 4.74 Å². The van der Waals surface area contributed by atoms with Gasteiger partial charge in [-0.1, -0.05) is 30.3 Å². The van der Waals surface area contributed by atoms with Crippen LogP contribution in [0.25, 0.3) is 0 Å². The second kappa shape index (κ2) is 9.96. The smallest absolute Gasteiger partial charge is 0.243 e. The molecule has 0 unspecified atom stereocenters. The van der Waals surface area contributed by atoms with Gasteiger partial charge in [-0.05, 0) is 48.9 Å². The van der Waals surface area contributed by atoms with Gasteiger partial charge in [0.1, 0.15) is 0 Å². The Morgan fingerprint density at radius 3 is 2.33 bits per heavy atom. The summed E-state index contributed by atoms with van der Waals surface area (Å²) >= 11 is 1.54. The molecule has 1 fully saturated rings. The van der Waals surface area contributed by atoms with E-state index in [1.54, 1.807) is 36.0 Å². The SMILES string of the molecule is CSc1ccc(S(=O)(=O)N(C)CC(=O)NCC2(c3ccccc3)CCOCC2)cc1. The lowest BCUT2D eigenvalue weighted by Gasteiger charge is -2.38. The zero-order valence-corrected chi connectivity index (χ0v) is 19.0. The van der Waals surface area contributed by atoms with E-state index >= 15 is 0 Å². The van der Waals surface area contributed by atoms with Crippen molar-refractivity contribution in [1.82, 2.24) is 9.62 Å². The van der Waals surface area contributed by atoms with E-state index < -0.39 is 10.0 Å². The molecule has 1 heterocycles. The molecule has 2 aromatic carbocycles. The Morgan fingerprint density at radius 1 is 1.10 bits per heavy atom. The first-order valence-electron chi connectivity index (χ1n) is 9.88. The van der Waals surface area contributed by atoms with Gasteiger partial charge in [0.15, 0.2) is 0 Å². The van der Waals surface area contributed by atoms with Gasteiger partial charge in [-0.3, -0.25) is 4.79 Å². The van der Waals surface area contributed by atoms with Crippen LogP contribution in [0, 0.1) is 0 Å². The van der Waals surface area contributed by atoms with Crippen LogP contribution in [0.4, 0.5) is 0 Å². The average molecular weight is 449 g/mol. The lowest BCUT2D eigenvalue weighted by molar-refractivity contribution is -0.121. The Balaban J connectivity index is 1.65. The molecule has 0 aliphatic carbocycles. The second-order valence-electron chi connectivity index (χ2n) is 7.47. The summed E-state index contributed by atoms with van der Waals surface area (Å²) in [5, 5.41) is 2.96. The molecule has 1 N–H and O–H groups in total. The van der Waals surface area contributed by atoms with E-state index in [-0.39, 0.29) is 22.8 Å². The highest BCUT2D eigenvalue weighted by molar-refractivity contribution is 7.98. The number of likely N-dealkylation sites (N-methyl/N-ethyl adjacent to an activating group) is 1. The maximum absolute atomic E-state index is 12.8. The third kappa shape index (κ3) is 5.24. The number of sulfonamides is 1. The molecule has 1 saturated heterocycles. The highest BCUT2D eigenvalue weighted by Gasteiger charge is 2.35. The van der Waals surface area contributed by atoms with Crippen LogP contribution in [0.5, 0.6) is 0 Å². The van der Waals surface area contributed by atoms with Crippen molar-refractivity contribution in [1.29, 1.82) is 0 Å². The summed E-state index contributed by atoms with van der Waals surface area (Å²) in [6.45, 7) is 1.51. The van der Waals surface area contributed by atoms with Crippen molar-refractivity contribution in [3.8, 4) is 0 Å². The van der Waals surface area contributed by atoms with Crippen molar-refractivity contribution in [3.05, 3.63) is 60.2 Å². The predicted octanol–water partition coefficient (Wildman–Crippen LogP) is 2.89. The van der Waals surface area contributed by atoms with Crippen molar-refractivity contribution < 1.29 is 17.9 Å². The Morgan fingerprint density at radius 2 is 1.73 bits per heavy atom. The molecule has 2 aromatic rings. The number of hydrogen-bond acceptors (Lipinski definition) is 5. The lowest BCUT2D eigenvalue weighted by atomic mass is 9.74. The molecule has 0 aromatic heterocycles. The molecule has 0 spiro atoms. The number of carbonyl (C=O) groups is 1. The van der Waals surface area contributed by atoms with Gasteiger partial charge in [-0.2, -0.15) is 4.31 Å². The van der Waals surface area contributed by atoms with Gasteiger partial charge in [0, 0.05) is 37.1 Å². The van der Waals surface area contributed by atoms with Crippen LogP contribution in [0.1, 0.15) is 18.4 Å². The van der Waals surface area contributed by atoms with Crippen LogP contribution >= 0.6 is 11.8 Å². The summed E-state index contributed by atoms with van der Waals surface area (Å²) in [4.78, 5) is 13.8. The molecule has 0 atom stereocenters. The maximum atomic E-state index is 12.8. The highest BCUT2D eigenvalue weighted by Crippen LogP contribution is 2.34. The lowest BCUT2D eigenvalue weighted by Crippen LogP contribution is -2.47. The highest BCUT2D eigenvalue weighted by atomic mass is 32.2. The molecule has 0 saturated carbocycles. The Labute approximate surface area is 183 Å². The first-order chi connectivity index (χ1) is 14.4. The van der Waals surface area contributed by atoms with Crippen molar-refractivity contribution in [3.63, 3.8) is 0 Å². The van der Waals surface area contributed by atoms with Crippen LogP contribution in [0.3, 0.4) is 0 Å². The fourth-order valence-electron chi connectivity index (χ4n) is 3.66. The number of rotatable bonds is 8. The fourth-order valence-corrected chi connectivity index (χ4v) is 5.20. The molecule has 0 bridgehead atoms. The third-order valence-electron chi connectivity index (χ3n) is 5.59. The van der Waals surface area contributed by atoms with E-state index in [9.17, 15) is 13.2 Å². The zero-order valence-electron chi connectivity index (χ0n) is 17.3. The van der Waals surface area contributed by atoms with Crippen LogP contribution in [0.15, 0.2) is 64.4 Å². The summed E-state index contributed by atoms with van der Waals surface area (Å²) in [6.07, 6.45) is 3.56. The summed E-state index contributed by atoms with van der Waals surface area (Å²) < 4.78 is 32.2. The Bertz CT molecular complexity index is 941. The van der Waals surface area contributed by atoms with Gasteiger partial charge in [-0.25, -0.2) is 8.42 Å². The second-order valence-corrected chi connectivity index (χ2v) is 10.4. The van der Waals surface area contributed by atoms with E-state index in [0.29, 0.717) is 19.8 Å². The first kappa shape index (κ1) is 22.8. The topological polar surface area (TPSA) is 75.7 Å². The number of benzene rings is 2. The number of hydrogen-bond donors (Lipinski definition) is 1. The molecule has 30 heavy (non-hydrogen) atoms. The minimum absolute atomic E-state index is 0.181. The molecule has 162 valence electrons. The van der Waals surface area contributed by atoms with Gasteiger partial charge >= 0.3 is 0 Å². The normalized spacial score (nSPS) is 16.4. The minimum Gasteiger partial charge on any atom is -0.381 e. The van der Waals surface area contributed by atoms with Crippen LogP contribution in [-0.4, -0.2) is 58.2 Å². The number of carbonyl (C=O) groups excluding carboxylic acids is 1. The van der Waals surface area contributed by atoms with Crippen molar-refractivity contribution in [2.75, 3.05) is 39.6 Å². The number of ether oxygens (including phenoxy) is 1. The Hall–Kier alpha value is -1.87.